The van der Waals surface area contributed by atoms with Crippen molar-refractivity contribution < 1.29 is 0 Å². The summed E-state index contributed by atoms with van der Waals surface area (Å²) in [6, 6.07) is 6.03. The number of rotatable bonds is 5. The minimum atomic E-state index is -0.345. The minimum Gasteiger partial charge on any atom is -0.282 e. The molecule has 6 nitrogen and oxygen atoms in total. The molecule has 2 rings (SSSR count). The summed E-state index contributed by atoms with van der Waals surface area (Å²) in [4.78, 5) is 20.9. The van der Waals surface area contributed by atoms with E-state index in [9.17, 15) is 4.79 Å². The van der Waals surface area contributed by atoms with Crippen LogP contribution in [0.3, 0.4) is 0 Å². The highest BCUT2D eigenvalue weighted by atomic mass is 16.1. The Morgan fingerprint density at radius 2 is 1.86 bits per heavy atom. The van der Waals surface area contributed by atoms with Crippen LogP contribution in [-0.2, 0) is 19.3 Å². The molecular formula is C16H23N5O. The summed E-state index contributed by atoms with van der Waals surface area (Å²) in [5, 5.41) is 1.26. The molecule has 2 N–H and O–H groups in total. The maximum Gasteiger partial charge on any atom is 0.356 e. The Balaban J connectivity index is 2.75. The van der Waals surface area contributed by atoms with Crippen molar-refractivity contribution in [3.8, 4) is 5.69 Å². The van der Waals surface area contributed by atoms with Crippen molar-refractivity contribution in [1.82, 2.24) is 14.5 Å². The van der Waals surface area contributed by atoms with Crippen molar-refractivity contribution in [2.45, 2.75) is 40.0 Å². The van der Waals surface area contributed by atoms with Gasteiger partial charge in [-0.15, -0.1) is 0 Å². The lowest BCUT2D eigenvalue weighted by atomic mass is 10.0. The average molecular weight is 301 g/mol. The highest BCUT2D eigenvalue weighted by Gasteiger charge is 2.15. The number of benzene rings is 1. The van der Waals surface area contributed by atoms with E-state index in [1.807, 2.05) is 19.1 Å². The highest BCUT2D eigenvalue weighted by molar-refractivity contribution is 5.47. The molecule has 0 bridgehead atoms. The van der Waals surface area contributed by atoms with Crippen LogP contribution in [0, 0.1) is 0 Å². The monoisotopic (exact) mass is 301 g/mol. The number of anilines is 1. The third kappa shape index (κ3) is 2.87. The van der Waals surface area contributed by atoms with E-state index >= 15 is 0 Å². The number of nitrogens with two attached hydrogens (primary N) is 1. The number of hydrogen-bond acceptors (Lipinski definition) is 5. The van der Waals surface area contributed by atoms with Crippen LogP contribution >= 0.6 is 0 Å². The van der Waals surface area contributed by atoms with Crippen LogP contribution in [0.1, 0.15) is 37.7 Å². The number of hydrazine groups is 1. The molecule has 0 radical (unpaired) electrons. The van der Waals surface area contributed by atoms with Crippen molar-refractivity contribution in [3.05, 3.63) is 45.6 Å². The molecule has 2 aromatic rings. The van der Waals surface area contributed by atoms with Crippen LogP contribution in [-0.4, -0.2) is 21.6 Å². The van der Waals surface area contributed by atoms with Gasteiger partial charge in [0.2, 0.25) is 5.95 Å². The van der Waals surface area contributed by atoms with E-state index in [4.69, 9.17) is 5.84 Å². The second-order valence-corrected chi connectivity index (χ2v) is 5.14. The second-order valence-electron chi connectivity index (χ2n) is 5.14. The summed E-state index contributed by atoms with van der Waals surface area (Å²) in [5.74, 6) is 6.56. The first-order valence-corrected chi connectivity index (χ1v) is 7.62. The smallest absolute Gasteiger partial charge is 0.282 e. The Morgan fingerprint density at radius 1 is 1.14 bits per heavy atom. The topological polar surface area (TPSA) is 77.0 Å². The van der Waals surface area contributed by atoms with Gasteiger partial charge in [-0.2, -0.15) is 9.97 Å². The second kappa shape index (κ2) is 6.70. The first kappa shape index (κ1) is 16.2. The van der Waals surface area contributed by atoms with Gasteiger partial charge in [-0.25, -0.2) is 15.2 Å². The SMILES string of the molecule is CCc1cccc(-n2c(CC)nc(N(C)N)nc2=O)c1CC. The molecule has 22 heavy (non-hydrogen) atoms. The van der Waals surface area contributed by atoms with Gasteiger partial charge in [-0.1, -0.05) is 32.9 Å². The summed E-state index contributed by atoms with van der Waals surface area (Å²) >= 11 is 0. The molecule has 1 aromatic heterocycles. The van der Waals surface area contributed by atoms with Gasteiger partial charge in [-0.3, -0.25) is 5.01 Å². The Bertz CT molecular complexity index is 721. The first-order valence-electron chi connectivity index (χ1n) is 7.62. The fraction of sp³-hybridized carbons (Fsp3) is 0.438. The van der Waals surface area contributed by atoms with E-state index in [2.05, 4.69) is 29.9 Å². The van der Waals surface area contributed by atoms with Gasteiger partial charge in [0.1, 0.15) is 5.82 Å². The lowest BCUT2D eigenvalue weighted by Gasteiger charge is -2.18. The molecular weight excluding hydrogens is 278 g/mol. The third-order valence-corrected chi connectivity index (χ3v) is 3.73. The number of nitrogens with zero attached hydrogens (tertiary/aromatic N) is 4. The fourth-order valence-electron chi connectivity index (χ4n) is 2.64. The normalized spacial score (nSPS) is 10.8. The molecule has 118 valence electrons. The van der Waals surface area contributed by atoms with Crippen LogP contribution in [0.15, 0.2) is 23.0 Å². The summed E-state index contributed by atoms with van der Waals surface area (Å²) < 4.78 is 1.60. The average Bonchev–Trinajstić information content (AvgIpc) is 2.52. The first-order chi connectivity index (χ1) is 10.5. The Labute approximate surface area is 130 Å². The van der Waals surface area contributed by atoms with E-state index in [1.54, 1.807) is 11.6 Å². The van der Waals surface area contributed by atoms with Gasteiger partial charge in [0.15, 0.2) is 0 Å². The molecule has 0 spiro atoms. The van der Waals surface area contributed by atoms with Crippen molar-refractivity contribution in [2.75, 3.05) is 12.1 Å². The van der Waals surface area contributed by atoms with Crippen molar-refractivity contribution >= 4 is 5.95 Å². The van der Waals surface area contributed by atoms with E-state index in [0.29, 0.717) is 12.2 Å². The molecule has 0 aliphatic carbocycles. The van der Waals surface area contributed by atoms with Gasteiger partial charge in [-0.05, 0) is 30.0 Å². The van der Waals surface area contributed by atoms with E-state index in [1.165, 1.54) is 16.1 Å². The van der Waals surface area contributed by atoms with Crippen molar-refractivity contribution in [2.24, 2.45) is 5.84 Å². The van der Waals surface area contributed by atoms with Crippen LogP contribution in [0.5, 0.6) is 0 Å². The van der Waals surface area contributed by atoms with Crippen LogP contribution in [0.4, 0.5) is 5.95 Å². The van der Waals surface area contributed by atoms with Crippen molar-refractivity contribution in [3.63, 3.8) is 0 Å². The predicted octanol–water partition coefficient (Wildman–Crippen LogP) is 1.62. The zero-order valence-electron chi connectivity index (χ0n) is 13.6. The van der Waals surface area contributed by atoms with Gasteiger partial charge in [0, 0.05) is 13.5 Å². The van der Waals surface area contributed by atoms with Gasteiger partial charge >= 0.3 is 5.69 Å². The van der Waals surface area contributed by atoms with Gasteiger partial charge in [0.05, 0.1) is 5.69 Å². The standard InChI is InChI=1S/C16H23N5O/c1-5-11-9-8-10-13(12(11)6-2)21-14(7-3)18-15(20(4)17)19-16(21)22/h8-10H,5-7,17H2,1-4H3. The molecule has 0 atom stereocenters. The molecule has 0 fully saturated rings. The van der Waals surface area contributed by atoms with Gasteiger partial charge in [0.25, 0.3) is 0 Å². The molecule has 0 unspecified atom stereocenters. The van der Waals surface area contributed by atoms with Crippen LogP contribution < -0.4 is 16.5 Å². The number of hydrogen-bond donors (Lipinski definition) is 1. The largest absolute Gasteiger partial charge is 0.356 e. The lowest BCUT2D eigenvalue weighted by Crippen LogP contribution is -2.34. The molecule has 1 heterocycles. The fourth-order valence-corrected chi connectivity index (χ4v) is 2.64. The molecule has 0 aliphatic heterocycles. The lowest BCUT2D eigenvalue weighted by molar-refractivity contribution is 0.742. The maximum absolute atomic E-state index is 12.5. The van der Waals surface area contributed by atoms with E-state index < -0.39 is 0 Å². The quantitative estimate of drug-likeness (QED) is 0.671. The predicted molar refractivity (Wildman–Crippen MR) is 88.4 cm³/mol. The molecule has 0 saturated carbocycles. The summed E-state index contributed by atoms with van der Waals surface area (Å²) in [6.07, 6.45) is 2.41. The summed E-state index contributed by atoms with van der Waals surface area (Å²) in [5.41, 5.74) is 2.94. The van der Waals surface area contributed by atoms with Crippen molar-refractivity contribution in [1.29, 1.82) is 0 Å². The summed E-state index contributed by atoms with van der Waals surface area (Å²) in [6.45, 7) is 6.18. The zero-order chi connectivity index (χ0) is 16.3. The molecule has 1 aromatic carbocycles. The summed E-state index contributed by atoms with van der Waals surface area (Å²) in [7, 11) is 1.62. The van der Waals surface area contributed by atoms with E-state index in [0.717, 1.165) is 18.5 Å². The third-order valence-electron chi connectivity index (χ3n) is 3.73. The number of aryl methyl sites for hydroxylation is 2. The Hall–Kier alpha value is -2.21. The van der Waals surface area contributed by atoms with Gasteiger partial charge < -0.3 is 0 Å². The molecule has 0 amide bonds. The molecule has 6 heteroatoms. The van der Waals surface area contributed by atoms with Crippen LogP contribution in [0.25, 0.3) is 5.69 Å². The molecule has 0 saturated heterocycles. The Morgan fingerprint density at radius 3 is 2.41 bits per heavy atom. The minimum absolute atomic E-state index is 0.239. The number of aromatic nitrogens is 3. The Kier molecular flexibility index (Phi) is 4.92. The zero-order valence-corrected chi connectivity index (χ0v) is 13.6. The maximum atomic E-state index is 12.5. The highest BCUT2D eigenvalue weighted by Crippen LogP contribution is 2.20. The molecule has 0 aliphatic rings. The van der Waals surface area contributed by atoms with E-state index in [-0.39, 0.29) is 11.6 Å². The van der Waals surface area contributed by atoms with Crippen LogP contribution in [0.2, 0.25) is 0 Å².